The second-order valence-corrected chi connectivity index (χ2v) is 4.95. The summed E-state index contributed by atoms with van der Waals surface area (Å²) in [7, 11) is 1.83. The third-order valence-electron chi connectivity index (χ3n) is 3.74. The van der Waals surface area contributed by atoms with Crippen LogP contribution in [0.2, 0.25) is 0 Å². The molecule has 100 valence electrons. The van der Waals surface area contributed by atoms with Crippen molar-refractivity contribution in [1.29, 1.82) is 0 Å². The zero-order valence-electron chi connectivity index (χ0n) is 11.3. The number of ether oxygens (including phenoxy) is 1. The number of nitrogens with one attached hydrogen (secondary N) is 1. The second kappa shape index (κ2) is 5.10. The lowest BCUT2D eigenvalue weighted by atomic mass is 9.98. The third kappa shape index (κ3) is 2.27. The summed E-state index contributed by atoms with van der Waals surface area (Å²) >= 11 is 0. The smallest absolute Gasteiger partial charge is 0.326 e. The molecule has 0 amide bonds. The van der Waals surface area contributed by atoms with Crippen LogP contribution in [0.15, 0.2) is 12.4 Å². The Morgan fingerprint density at radius 3 is 3.06 bits per heavy atom. The molecule has 0 saturated heterocycles. The van der Waals surface area contributed by atoms with Crippen LogP contribution in [0.3, 0.4) is 0 Å². The summed E-state index contributed by atoms with van der Waals surface area (Å²) in [6.07, 6.45) is 6.36. The maximum absolute atomic E-state index is 12.1. The van der Waals surface area contributed by atoms with E-state index >= 15 is 0 Å². The topological polar surface area (TPSA) is 56.1 Å². The van der Waals surface area contributed by atoms with Crippen molar-refractivity contribution in [3.63, 3.8) is 0 Å². The van der Waals surface area contributed by atoms with Crippen LogP contribution in [0.1, 0.15) is 37.8 Å². The van der Waals surface area contributed by atoms with Crippen LogP contribution in [0.4, 0.5) is 0 Å². The first kappa shape index (κ1) is 13.1. The SMILES string of the molecule is CCOC(=O)C1(NC)CCC(n2cc(C)cn2)C1. The van der Waals surface area contributed by atoms with Crippen molar-refractivity contribution >= 4 is 5.97 Å². The molecule has 1 aromatic heterocycles. The summed E-state index contributed by atoms with van der Waals surface area (Å²) < 4.78 is 7.14. The van der Waals surface area contributed by atoms with Crippen molar-refractivity contribution in [3.8, 4) is 0 Å². The third-order valence-corrected chi connectivity index (χ3v) is 3.74. The predicted octanol–water partition coefficient (Wildman–Crippen LogP) is 1.44. The molecule has 2 rings (SSSR count). The number of hydrogen-bond donors (Lipinski definition) is 1. The van der Waals surface area contributed by atoms with Crippen molar-refractivity contribution in [2.75, 3.05) is 13.7 Å². The average molecular weight is 251 g/mol. The molecule has 1 saturated carbocycles. The first-order chi connectivity index (χ1) is 8.61. The van der Waals surface area contributed by atoms with Gasteiger partial charge in [0.25, 0.3) is 0 Å². The molecule has 0 radical (unpaired) electrons. The van der Waals surface area contributed by atoms with E-state index in [0.717, 1.165) is 24.8 Å². The number of carbonyl (C=O) groups is 1. The number of likely N-dealkylation sites (N-methyl/N-ethyl adjacent to an activating group) is 1. The quantitative estimate of drug-likeness (QED) is 0.823. The van der Waals surface area contributed by atoms with Crippen molar-refractivity contribution < 1.29 is 9.53 Å². The van der Waals surface area contributed by atoms with E-state index in [9.17, 15) is 4.79 Å². The molecule has 1 aliphatic carbocycles. The molecule has 0 bridgehead atoms. The number of aromatic nitrogens is 2. The fourth-order valence-electron chi connectivity index (χ4n) is 2.66. The fourth-order valence-corrected chi connectivity index (χ4v) is 2.66. The molecular formula is C13H21N3O2. The number of aryl methyl sites for hydroxylation is 1. The molecule has 0 spiro atoms. The number of esters is 1. The van der Waals surface area contributed by atoms with E-state index in [2.05, 4.69) is 10.4 Å². The van der Waals surface area contributed by atoms with Gasteiger partial charge in [0, 0.05) is 6.20 Å². The van der Waals surface area contributed by atoms with Crippen LogP contribution in [-0.2, 0) is 9.53 Å². The van der Waals surface area contributed by atoms with Crippen LogP contribution in [0, 0.1) is 6.92 Å². The first-order valence-electron chi connectivity index (χ1n) is 6.48. The lowest BCUT2D eigenvalue weighted by Gasteiger charge is -2.26. The van der Waals surface area contributed by atoms with Gasteiger partial charge in [-0.15, -0.1) is 0 Å². The summed E-state index contributed by atoms with van der Waals surface area (Å²) in [5.41, 5.74) is 0.605. The van der Waals surface area contributed by atoms with Gasteiger partial charge < -0.3 is 10.1 Å². The van der Waals surface area contributed by atoms with Crippen molar-refractivity contribution in [1.82, 2.24) is 15.1 Å². The molecule has 5 heteroatoms. The number of nitrogens with zero attached hydrogens (tertiary/aromatic N) is 2. The van der Waals surface area contributed by atoms with Crippen LogP contribution in [0.25, 0.3) is 0 Å². The minimum atomic E-state index is -0.541. The zero-order valence-corrected chi connectivity index (χ0v) is 11.3. The van der Waals surface area contributed by atoms with E-state index in [1.165, 1.54) is 0 Å². The Bertz CT molecular complexity index is 430. The van der Waals surface area contributed by atoms with Crippen molar-refractivity contribution in [2.24, 2.45) is 0 Å². The fraction of sp³-hybridized carbons (Fsp3) is 0.692. The Hall–Kier alpha value is -1.36. The van der Waals surface area contributed by atoms with E-state index in [1.807, 2.05) is 38.0 Å². The Morgan fingerprint density at radius 2 is 2.50 bits per heavy atom. The molecular weight excluding hydrogens is 230 g/mol. The van der Waals surface area contributed by atoms with E-state index in [1.54, 1.807) is 0 Å². The summed E-state index contributed by atoms with van der Waals surface area (Å²) in [6.45, 7) is 4.29. The van der Waals surface area contributed by atoms with E-state index in [0.29, 0.717) is 6.61 Å². The van der Waals surface area contributed by atoms with Gasteiger partial charge in [0.2, 0.25) is 0 Å². The van der Waals surface area contributed by atoms with Crippen molar-refractivity contribution in [3.05, 3.63) is 18.0 Å². The molecule has 5 nitrogen and oxygen atoms in total. The van der Waals surface area contributed by atoms with E-state index in [4.69, 9.17) is 4.74 Å². The van der Waals surface area contributed by atoms with Gasteiger partial charge in [0.15, 0.2) is 0 Å². The van der Waals surface area contributed by atoms with Gasteiger partial charge in [0.1, 0.15) is 5.54 Å². The van der Waals surface area contributed by atoms with Gasteiger partial charge in [-0.2, -0.15) is 5.10 Å². The average Bonchev–Trinajstić information content (AvgIpc) is 2.96. The van der Waals surface area contributed by atoms with Gasteiger partial charge in [0.05, 0.1) is 18.8 Å². The van der Waals surface area contributed by atoms with Crippen LogP contribution >= 0.6 is 0 Å². The minimum Gasteiger partial charge on any atom is -0.465 e. The maximum Gasteiger partial charge on any atom is 0.326 e. The van der Waals surface area contributed by atoms with Gasteiger partial charge in [-0.05, 0) is 45.7 Å². The van der Waals surface area contributed by atoms with E-state index < -0.39 is 5.54 Å². The Balaban J connectivity index is 2.11. The summed E-state index contributed by atoms with van der Waals surface area (Å²) in [4.78, 5) is 12.1. The molecule has 1 N–H and O–H groups in total. The first-order valence-corrected chi connectivity index (χ1v) is 6.48. The molecule has 1 fully saturated rings. The zero-order chi connectivity index (χ0) is 13.2. The van der Waals surface area contributed by atoms with E-state index in [-0.39, 0.29) is 12.0 Å². The Morgan fingerprint density at radius 1 is 1.72 bits per heavy atom. The lowest BCUT2D eigenvalue weighted by Crippen LogP contribution is -2.49. The van der Waals surface area contributed by atoms with Crippen LogP contribution in [-0.4, -0.2) is 34.9 Å². The maximum atomic E-state index is 12.1. The molecule has 18 heavy (non-hydrogen) atoms. The highest BCUT2D eigenvalue weighted by Gasteiger charge is 2.46. The number of hydrogen-bond acceptors (Lipinski definition) is 4. The number of rotatable bonds is 4. The second-order valence-electron chi connectivity index (χ2n) is 4.95. The van der Waals surface area contributed by atoms with Gasteiger partial charge >= 0.3 is 5.97 Å². The predicted molar refractivity (Wildman–Crippen MR) is 68.3 cm³/mol. The highest BCUT2D eigenvalue weighted by Crippen LogP contribution is 2.38. The molecule has 2 atom stereocenters. The lowest BCUT2D eigenvalue weighted by molar-refractivity contribution is -0.150. The summed E-state index contributed by atoms with van der Waals surface area (Å²) in [6, 6.07) is 0.274. The molecule has 1 aliphatic rings. The molecule has 0 aromatic carbocycles. The molecule has 0 aliphatic heterocycles. The normalized spacial score (nSPS) is 27.4. The number of carbonyl (C=O) groups excluding carboxylic acids is 1. The van der Waals surface area contributed by atoms with Crippen molar-refractivity contribution in [2.45, 2.75) is 44.7 Å². The largest absolute Gasteiger partial charge is 0.465 e. The Labute approximate surface area is 108 Å². The van der Waals surface area contributed by atoms with Gasteiger partial charge in [-0.25, -0.2) is 0 Å². The highest BCUT2D eigenvalue weighted by molar-refractivity contribution is 5.81. The molecule has 2 unspecified atom stereocenters. The van der Waals surface area contributed by atoms with Gasteiger partial charge in [-0.3, -0.25) is 9.48 Å². The monoisotopic (exact) mass is 251 g/mol. The Kier molecular flexibility index (Phi) is 3.71. The molecule has 1 aromatic rings. The highest BCUT2D eigenvalue weighted by atomic mass is 16.5. The minimum absolute atomic E-state index is 0.140. The molecule has 1 heterocycles. The van der Waals surface area contributed by atoms with Crippen LogP contribution < -0.4 is 5.32 Å². The summed E-state index contributed by atoms with van der Waals surface area (Å²) in [5, 5.41) is 7.49. The standard InChI is InChI=1S/C13H21N3O2/c1-4-18-12(17)13(14-3)6-5-11(7-13)16-9-10(2)8-15-16/h8-9,11,14H,4-7H2,1-3H3. The van der Waals surface area contributed by atoms with Gasteiger partial charge in [-0.1, -0.05) is 0 Å². The van der Waals surface area contributed by atoms with Crippen LogP contribution in [0.5, 0.6) is 0 Å². The summed E-state index contributed by atoms with van der Waals surface area (Å²) in [5.74, 6) is -0.140.